The molecule has 1 unspecified atom stereocenters. The predicted octanol–water partition coefficient (Wildman–Crippen LogP) is 4.44. The number of fused-ring (bicyclic) bond motifs is 1. The monoisotopic (exact) mass is 273 g/mol. The lowest BCUT2D eigenvalue weighted by atomic mass is 10.0. The van der Waals surface area contributed by atoms with E-state index in [1.807, 2.05) is 23.9 Å². The van der Waals surface area contributed by atoms with Crippen molar-refractivity contribution < 1.29 is 4.39 Å². The molecular weight excluding hydrogens is 257 g/mol. The first-order valence-corrected chi connectivity index (χ1v) is 7.44. The normalized spacial score (nSPS) is 17.3. The van der Waals surface area contributed by atoms with E-state index < -0.39 is 0 Å². The molecule has 98 valence electrons. The van der Waals surface area contributed by atoms with E-state index in [2.05, 4.69) is 29.6 Å². The summed E-state index contributed by atoms with van der Waals surface area (Å²) in [4.78, 5) is 1.38. The predicted molar refractivity (Wildman–Crippen MR) is 79.5 cm³/mol. The highest BCUT2D eigenvalue weighted by Gasteiger charge is 2.22. The summed E-state index contributed by atoms with van der Waals surface area (Å²) < 4.78 is 13.5. The summed E-state index contributed by atoms with van der Waals surface area (Å²) in [6.45, 7) is 2.63. The molecule has 1 heterocycles. The zero-order chi connectivity index (χ0) is 13.2. The molecule has 2 aromatic rings. The van der Waals surface area contributed by atoms with Gasteiger partial charge in [-0.05, 0) is 36.2 Å². The molecule has 3 heteroatoms. The second-order valence-corrected chi connectivity index (χ2v) is 5.95. The van der Waals surface area contributed by atoms with Gasteiger partial charge in [0.15, 0.2) is 0 Å². The van der Waals surface area contributed by atoms with Gasteiger partial charge in [-0.15, -0.1) is 11.8 Å². The summed E-state index contributed by atoms with van der Waals surface area (Å²) in [5.41, 5.74) is 2.96. The highest BCUT2D eigenvalue weighted by molar-refractivity contribution is 7.99. The molecule has 1 atom stereocenters. The number of hydrogen-bond donors (Lipinski definition) is 1. The Bertz CT molecular complexity index is 597. The van der Waals surface area contributed by atoms with Gasteiger partial charge in [-0.1, -0.05) is 24.3 Å². The molecule has 0 saturated heterocycles. The van der Waals surface area contributed by atoms with Crippen LogP contribution in [-0.4, -0.2) is 12.3 Å². The van der Waals surface area contributed by atoms with Gasteiger partial charge < -0.3 is 5.32 Å². The van der Waals surface area contributed by atoms with E-state index in [-0.39, 0.29) is 5.82 Å². The quantitative estimate of drug-likeness (QED) is 0.887. The average Bonchev–Trinajstić information content (AvgIpc) is 2.83. The summed E-state index contributed by atoms with van der Waals surface area (Å²) in [5.74, 6) is 1.46. The number of rotatable bonds is 3. The Morgan fingerprint density at radius 1 is 1.26 bits per heavy atom. The number of anilines is 1. The van der Waals surface area contributed by atoms with E-state index in [1.54, 1.807) is 13.0 Å². The molecule has 0 radical (unpaired) electrons. The lowest BCUT2D eigenvalue weighted by molar-refractivity contribution is 0.619. The summed E-state index contributed by atoms with van der Waals surface area (Å²) >= 11 is 1.90. The molecule has 1 N–H and O–H groups in total. The van der Waals surface area contributed by atoms with Crippen LogP contribution in [0.4, 0.5) is 10.1 Å². The third-order valence-electron chi connectivity index (χ3n) is 3.52. The second-order valence-electron chi connectivity index (χ2n) is 4.89. The van der Waals surface area contributed by atoms with Crippen molar-refractivity contribution in [2.24, 2.45) is 0 Å². The minimum Gasteiger partial charge on any atom is -0.384 e. The Morgan fingerprint density at radius 3 is 2.95 bits per heavy atom. The first-order valence-electron chi connectivity index (χ1n) is 6.46. The Labute approximate surface area is 117 Å². The van der Waals surface area contributed by atoms with Gasteiger partial charge >= 0.3 is 0 Å². The number of hydrogen-bond acceptors (Lipinski definition) is 2. The highest BCUT2D eigenvalue weighted by Crippen LogP contribution is 2.39. The largest absolute Gasteiger partial charge is 0.384 e. The maximum Gasteiger partial charge on any atom is 0.128 e. The van der Waals surface area contributed by atoms with Crippen LogP contribution in [0.15, 0.2) is 47.4 Å². The van der Waals surface area contributed by atoms with Crippen LogP contribution >= 0.6 is 11.8 Å². The average molecular weight is 273 g/mol. The van der Waals surface area contributed by atoms with Crippen molar-refractivity contribution in [3.05, 3.63) is 59.4 Å². The smallest absolute Gasteiger partial charge is 0.128 e. The van der Waals surface area contributed by atoms with Crippen molar-refractivity contribution in [1.82, 2.24) is 0 Å². The highest BCUT2D eigenvalue weighted by atomic mass is 32.2. The molecule has 1 nitrogen and oxygen atoms in total. The SMILES string of the molecule is Cc1ccc(NCC2CSc3ccccc32)cc1F. The molecule has 0 fully saturated rings. The van der Waals surface area contributed by atoms with E-state index in [4.69, 9.17) is 0 Å². The second kappa shape index (κ2) is 5.25. The standard InChI is InChI=1S/C16H16FNS/c1-11-6-7-13(8-15(11)17)18-9-12-10-19-16-5-3-2-4-14(12)16/h2-8,12,18H,9-10H2,1H3. The minimum absolute atomic E-state index is 0.147. The Kier molecular flexibility index (Phi) is 3.47. The Hall–Kier alpha value is -1.48. The van der Waals surface area contributed by atoms with Crippen LogP contribution in [0.25, 0.3) is 0 Å². The van der Waals surface area contributed by atoms with Crippen molar-refractivity contribution in [1.29, 1.82) is 0 Å². The van der Waals surface area contributed by atoms with Gasteiger partial charge in [0.2, 0.25) is 0 Å². The minimum atomic E-state index is -0.147. The van der Waals surface area contributed by atoms with E-state index in [0.29, 0.717) is 11.5 Å². The third-order valence-corrected chi connectivity index (χ3v) is 4.78. The van der Waals surface area contributed by atoms with Crippen LogP contribution in [0.1, 0.15) is 17.0 Å². The summed E-state index contributed by atoms with van der Waals surface area (Å²) in [6.07, 6.45) is 0. The summed E-state index contributed by atoms with van der Waals surface area (Å²) in [5, 5.41) is 3.34. The first-order chi connectivity index (χ1) is 9.24. The molecule has 0 aliphatic carbocycles. The third kappa shape index (κ3) is 2.61. The zero-order valence-corrected chi connectivity index (χ0v) is 11.6. The fourth-order valence-corrected chi connectivity index (χ4v) is 3.60. The molecule has 1 aliphatic heterocycles. The van der Waals surface area contributed by atoms with Crippen molar-refractivity contribution in [2.45, 2.75) is 17.7 Å². The molecule has 0 aromatic heterocycles. The molecule has 19 heavy (non-hydrogen) atoms. The van der Waals surface area contributed by atoms with Crippen molar-refractivity contribution >= 4 is 17.4 Å². The van der Waals surface area contributed by atoms with Crippen LogP contribution in [0.5, 0.6) is 0 Å². The Balaban J connectivity index is 1.69. The van der Waals surface area contributed by atoms with E-state index >= 15 is 0 Å². The van der Waals surface area contributed by atoms with Crippen molar-refractivity contribution in [3.8, 4) is 0 Å². The fourth-order valence-electron chi connectivity index (χ4n) is 2.34. The topological polar surface area (TPSA) is 12.0 Å². The van der Waals surface area contributed by atoms with Crippen LogP contribution < -0.4 is 5.32 Å². The zero-order valence-electron chi connectivity index (χ0n) is 10.8. The first kappa shape index (κ1) is 12.5. The molecule has 0 saturated carbocycles. The fraction of sp³-hybridized carbons (Fsp3) is 0.250. The molecule has 3 rings (SSSR count). The molecule has 0 bridgehead atoms. The maximum absolute atomic E-state index is 13.5. The van der Waals surface area contributed by atoms with Crippen molar-refractivity contribution in [3.63, 3.8) is 0 Å². The summed E-state index contributed by atoms with van der Waals surface area (Å²) in [6, 6.07) is 13.9. The van der Waals surface area contributed by atoms with Crippen LogP contribution in [-0.2, 0) is 0 Å². The van der Waals surface area contributed by atoms with Gasteiger partial charge in [-0.25, -0.2) is 4.39 Å². The van der Waals surface area contributed by atoms with Gasteiger partial charge in [0.25, 0.3) is 0 Å². The van der Waals surface area contributed by atoms with Crippen molar-refractivity contribution in [2.75, 3.05) is 17.6 Å². The van der Waals surface area contributed by atoms with E-state index in [1.165, 1.54) is 10.5 Å². The summed E-state index contributed by atoms with van der Waals surface area (Å²) in [7, 11) is 0. The molecular formula is C16H16FNS. The molecule has 2 aromatic carbocycles. The van der Waals surface area contributed by atoms with Crippen LogP contribution in [0, 0.1) is 12.7 Å². The molecule has 1 aliphatic rings. The van der Waals surface area contributed by atoms with Gasteiger partial charge in [0.05, 0.1) is 0 Å². The van der Waals surface area contributed by atoms with Gasteiger partial charge in [0.1, 0.15) is 5.82 Å². The molecule has 0 amide bonds. The Morgan fingerprint density at radius 2 is 2.11 bits per heavy atom. The number of benzene rings is 2. The maximum atomic E-state index is 13.5. The lowest BCUT2D eigenvalue weighted by Gasteiger charge is -2.13. The van der Waals surface area contributed by atoms with Gasteiger partial charge in [0, 0.05) is 28.8 Å². The van der Waals surface area contributed by atoms with E-state index in [9.17, 15) is 4.39 Å². The number of aryl methyl sites for hydroxylation is 1. The number of halogens is 1. The van der Waals surface area contributed by atoms with Gasteiger partial charge in [-0.2, -0.15) is 0 Å². The van der Waals surface area contributed by atoms with Crippen LogP contribution in [0.3, 0.4) is 0 Å². The van der Waals surface area contributed by atoms with Gasteiger partial charge in [-0.3, -0.25) is 0 Å². The molecule has 0 spiro atoms. The van der Waals surface area contributed by atoms with E-state index in [0.717, 1.165) is 18.0 Å². The lowest BCUT2D eigenvalue weighted by Crippen LogP contribution is -2.12. The number of thioether (sulfide) groups is 1. The van der Waals surface area contributed by atoms with Crippen LogP contribution in [0.2, 0.25) is 0 Å². The number of nitrogens with one attached hydrogen (secondary N) is 1.